The first-order chi connectivity index (χ1) is 47.4. The summed E-state index contributed by atoms with van der Waals surface area (Å²) < 4.78 is 23.1. The van der Waals surface area contributed by atoms with Crippen LogP contribution in [-0.2, 0) is 75.2 Å². The molecule has 2 fully saturated rings. The number of hydrogen-bond acceptors (Lipinski definition) is 19. The van der Waals surface area contributed by atoms with Gasteiger partial charge in [0.05, 0.1) is 111 Å². The van der Waals surface area contributed by atoms with Gasteiger partial charge in [0.1, 0.15) is 6.04 Å². The van der Waals surface area contributed by atoms with Crippen molar-refractivity contribution < 1.29 is 62.1 Å². The maximum absolute atomic E-state index is 14.3. The number of rotatable bonds is 42. The number of thioether (sulfide) groups is 2. The number of likely N-dealkylation sites (tertiary alicyclic amines) is 1. The van der Waals surface area contributed by atoms with Crippen LogP contribution < -0.4 is 43.0 Å². The summed E-state index contributed by atoms with van der Waals surface area (Å²) in [6.45, 7) is 11.8. The van der Waals surface area contributed by atoms with Crippen LogP contribution in [0.3, 0.4) is 0 Å². The molecule has 1 saturated carbocycles. The van der Waals surface area contributed by atoms with Crippen LogP contribution in [0.1, 0.15) is 146 Å². The molecule has 1 saturated heterocycles. The molecule has 9 amide bonds. The highest BCUT2D eigenvalue weighted by atomic mass is 32.2. The Kier molecular flexibility index (Phi) is 36.9. The second-order valence-corrected chi connectivity index (χ2v) is 28.6. The van der Waals surface area contributed by atoms with Crippen molar-refractivity contribution in [2.24, 2.45) is 23.5 Å². The third kappa shape index (κ3) is 27.4. The molecule has 1 unspecified atom stereocenters. The second kappa shape index (κ2) is 44.0. The number of likely N-dealkylation sites (N-methyl/N-ethyl adjacent to an activating group) is 2. The highest BCUT2D eigenvalue weighted by Gasteiger charge is 2.42. The Labute approximate surface area is 594 Å². The van der Waals surface area contributed by atoms with Gasteiger partial charge in [0.2, 0.25) is 47.3 Å². The summed E-state index contributed by atoms with van der Waals surface area (Å²) in [7, 11) is 8.38. The molecule has 26 nitrogen and oxygen atoms in total. The van der Waals surface area contributed by atoms with Crippen molar-refractivity contribution in [2.75, 3.05) is 113 Å². The normalized spacial score (nSPS) is 16.8. The average molecular weight is 1420 g/mol. The predicted molar refractivity (Wildman–Crippen MR) is 388 cm³/mol. The molecule has 5 rings (SSSR count). The van der Waals surface area contributed by atoms with Crippen LogP contribution in [0.5, 0.6) is 0 Å². The number of nitrogens with one attached hydrogen (secondary N) is 7. The van der Waals surface area contributed by atoms with Gasteiger partial charge >= 0.3 is 0 Å². The van der Waals surface area contributed by atoms with E-state index in [-0.39, 0.29) is 113 Å². The van der Waals surface area contributed by atoms with Crippen LogP contribution in [-0.4, -0.2) is 233 Å². The number of carbonyl (C=O) groups is 9. The number of amides is 9. The van der Waals surface area contributed by atoms with E-state index in [1.807, 2.05) is 64.5 Å². The fourth-order valence-corrected chi connectivity index (χ4v) is 14.6. The number of carbonyl (C=O) groups excluding carboxylic acids is 9. The standard InChI is InChI=1S/C71H113N13O13S2/c1-13-46(4)66(83(9)64(89)42-76-71(93)65(45(2)3)82(7)8)59(94-10)38-63(88)84-31-19-22-58(84)67(95-11)47(5)68(90)79-52(39-72)36-49-23-26-51(27-24-49)78-62(87)41-75-69(91)48(6)77-61(86)40-74-60(85)29-32-96-34-35-97-33-30-73-70(92)50-25-28-54-55(37-50)81-57(56(80-54)43-98-12)44-99-53-20-17-15-14-16-18-21-53/h23-28,37,45-48,52-53,58-59,65-67H,13-22,29-36,38-44,72H2,1-12H3,(H,73,92)(H,74,85)(H,75,91)(H,76,93)(H,77,86)(H,78,87)(H,79,90)/t46-,47+,48-,52-,58-,59+,65?,66-,67+/m0/s1. The number of nitrogens with two attached hydrogens (primary N) is 1. The van der Waals surface area contributed by atoms with Gasteiger partial charge in [-0.3, -0.25) is 48.1 Å². The Hall–Kier alpha value is -6.53. The molecule has 0 radical (unpaired) electrons. The third-order valence-corrected chi connectivity index (χ3v) is 20.4. The molecule has 9 N–H and O–H groups in total. The molecule has 2 aliphatic rings. The van der Waals surface area contributed by atoms with Gasteiger partial charge in [-0.15, -0.1) is 0 Å². The highest BCUT2D eigenvalue weighted by molar-refractivity contribution is 7.99. The van der Waals surface area contributed by atoms with Gasteiger partial charge in [-0.25, -0.2) is 9.97 Å². The number of methoxy groups -OCH3 is 2. The maximum Gasteiger partial charge on any atom is 0.251 e. The van der Waals surface area contributed by atoms with Crippen LogP contribution in [0, 0.1) is 17.8 Å². The zero-order valence-corrected chi connectivity index (χ0v) is 62.1. The molecule has 1 aliphatic heterocycles. The quantitative estimate of drug-likeness (QED) is 0.0347. The number of benzene rings is 2. The first-order valence-corrected chi connectivity index (χ1v) is 37.5. The van der Waals surface area contributed by atoms with E-state index < -0.39 is 72.0 Å². The molecule has 1 aliphatic carbocycles. The SMILES string of the molecule is CC[C@H](C)[C@@H]([C@@H](CC(=O)N1CCC[C@H]1[C@H](OC)[C@@H](C)C(=O)N[C@H](CN)Cc1ccc(NC(=O)CNC(=O)[C@H](C)NC(=O)CNC(=O)CCOCCOCCNC(=O)c2ccc3nc(CSC)c(CSC4CCCCCCC4)nc3c2)cc1)OC)N(C)C(=O)CNC(=O)C(C(C)C)N(C)C. The first kappa shape index (κ1) is 83.1. The predicted octanol–water partition coefficient (Wildman–Crippen LogP) is 4.98. The minimum absolute atomic E-state index is 0.0167. The highest BCUT2D eigenvalue weighted by Crippen LogP contribution is 2.32. The fraction of sp³-hybridized carbons (Fsp3) is 0.676. The van der Waals surface area contributed by atoms with Crippen molar-refractivity contribution in [2.45, 2.75) is 184 Å². The number of ether oxygens (including phenoxy) is 4. The van der Waals surface area contributed by atoms with E-state index >= 15 is 0 Å². The second-order valence-electron chi connectivity index (χ2n) is 26.5. The summed E-state index contributed by atoms with van der Waals surface area (Å²) in [6, 6.07) is 9.57. The molecule has 0 spiro atoms. The van der Waals surface area contributed by atoms with Gasteiger partial charge in [0.15, 0.2) is 0 Å². The summed E-state index contributed by atoms with van der Waals surface area (Å²) >= 11 is 3.71. The third-order valence-electron chi connectivity index (χ3n) is 18.4. The Morgan fingerprint density at radius 2 is 1.35 bits per heavy atom. The molecule has 28 heteroatoms. The molecule has 1 aromatic heterocycles. The van der Waals surface area contributed by atoms with Crippen LogP contribution in [0.4, 0.5) is 5.69 Å². The van der Waals surface area contributed by atoms with Crippen molar-refractivity contribution in [3.05, 3.63) is 65.0 Å². The number of fused-ring (bicyclic) bond motifs is 1. The average Bonchev–Trinajstić information content (AvgIpc) is 1.82. The molecular weight excluding hydrogens is 1310 g/mol. The molecule has 552 valence electrons. The summed E-state index contributed by atoms with van der Waals surface area (Å²) in [6.07, 6.45) is 12.1. The van der Waals surface area contributed by atoms with E-state index in [4.69, 9.17) is 34.6 Å². The van der Waals surface area contributed by atoms with Crippen LogP contribution in [0.2, 0.25) is 0 Å². The molecule has 2 heterocycles. The summed E-state index contributed by atoms with van der Waals surface area (Å²) in [4.78, 5) is 134. The first-order valence-electron chi connectivity index (χ1n) is 35.0. The van der Waals surface area contributed by atoms with Crippen molar-refractivity contribution in [1.82, 2.24) is 56.6 Å². The minimum atomic E-state index is -1.02. The lowest BCUT2D eigenvalue weighted by atomic mass is 9.90. The van der Waals surface area contributed by atoms with Gasteiger partial charge < -0.3 is 71.7 Å². The van der Waals surface area contributed by atoms with Crippen molar-refractivity contribution in [3.8, 4) is 0 Å². The Balaban J connectivity index is 0.947. The molecule has 3 aromatic rings. The van der Waals surface area contributed by atoms with Gasteiger partial charge in [0.25, 0.3) is 5.91 Å². The summed E-state index contributed by atoms with van der Waals surface area (Å²) in [5, 5.41) is 19.6. The van der Waals surface area contributed by atoms with Crippen LogP contribution in [0.25, 0.3) is 11.0 Å². The number of nitrogens with zero attached hydrogens (tertiary/aromatic N) is 5. The summed E-state index contributed by atoms with van der Waals surface area (Å²) in [5.74, 6) is -2.55. The topological polar surface area (TPSA) is 336 Å². The monoisotopic (exact) mass is 1420 g/mol. The smallest absolute Gasteiger partial charge is 0.251 e. The number of aromatic nitrogens is 2. The van der Waals surface area contributed by atoms with Gasteiger partial charge in [-0.05, 0) is 107 Å². The Morgan fingerprint density at radius 1 is 0.697 bits per heavy atom. The van der Waals surface area contributed by atoms with Gasteiger partial charge in [0, 0.05) is 81.4 Å². The zero-order valence-electron chi connectivity index (χ0n) is 60.5. The van der Waals surface area contributed by atoms with Crippen molar-refractivity contribution in [3.63, 3.8) is 0 Å². The Morgan fingerprint density at radius 3 is 2.00 bits per heavy atom. The van der Waals surface area contributed by atoms with Crippen LogP contribution >= 0.6 is 23.5 Å². The van der Waals surface area contributed by atoms with E-state index in [1.165, 1.54) is 66.1 Å². The minimum Gasteiger partial charge on any atom is -0.379 e. The largest absolute Gasteiger partial charge is 0.379 e. The molecule has 9 atom stereocenters. The van der Waals surface area contributed by atoms with E-state index in [0.717, 1.165) is 34.0 Å². The number of hydrogen-bond donors (Lipinski definition) is 8. The van der Waals surface area contributed by atoms with E-state index in [1.54, 1.807) is 71.9 Å². The van der Waals surface area contributed by atoms with E-state index in [9.17, 15) is 43.2 Å². The fourth-order valence-electron chi connectivity index (χ4n) is 12.8. The zero-order chi connectivity index (χ0) is 72.6. The van der Waals surface area contributed by atoms with Gasteiger partial charge in [-0.1, -0.05) is 85.3 Å². The van der Waals surface area contributed by atoms with E-state index in [0.29, 0.717) is 54.2 Å². The molecular formula is C71H113N13O13S2. The van der Waals surface area contributed by atoms with Crippen molar-refractivity contribution >= 4 is 93.4 Å². The summed E-state index contributed by atoms with van der Waals surface area (Å²) in [5.41, 5.74) is 11.4. The maximum atomic E-state index is 14.3. The lowest BCUT2D eigenvalue weighted by Crippen LogP contribution is -2.55. The van der Waals surface area contributed by atoms with Crippen molar-refractivity contribution in [1.29, 1.82) is 0 Å². The molecule has 99 heavy (non-hydrogen) atoms. The molecule has 2 aromatic carbocycles. The molecule has 0 bridgehead atoms. The van der Waals surface area contributed by atoms with E-state index in [2.05, 4.69) is 43.5 Å². The van der Waals surface area contributed by atoms with Crippen LogP contribution in [0.15, 0.2) is 42.5 Å². The van der Waals surface area contributed by atoms with Gasteiger partial charge in [-0.2, -0.15) is 23.5 Å². The Bertz CT molecular complexity index is 3060. The number of anilines is 1. The lowest BCUT2D eigenvalue weighted by molar-refractivity contribution is -0.146. The lowest BCUT2D eigenvalue weighted by Gasteiger charge is -2.39.